The number of hydrogen-bond donors (Lipinski definition) is 0. The number of benzene rings is 1. The monoisotopic (exact) mass is 442 g/mol. The molecule has 1 saturated heterocycles. The fourth-order valence-electron chi connectivity index (χ4n) is 5.19. The second-order valence-corrected chi connectivity index (χ2v) is 8.46. The Morgan fingerprint density at radius 1 is 1.15 bits per heavy atom. The Hall–Kier alpha value is -4.07. The molecule has 3 aromatic heterocycles. The SMILES string of the molecule is COc1ccc(C23Cn4c(cc5cccnc54)C(=O)N2CCN3C(=O)c2cocc2C)cc1. The molecule has 4 aromatic rings. The Labute approximate surface area is 190 Å². The van der Waals surface area contributed by atoms with Crippen LogP contribution in [0, 0.1) is 6.92 Å². The standard InChI is InChI=1S/C25H22N4O4/c1-16-13-33-14-20(16)23(30)28-10-11-29-24(31)21-12-17-4-3-9-26-22(17)27(21)15-25(28,29)18-5-7-19(32-2)8-6-18/h3-9,12-14H,10-11,15H2,1-2H3. The predicted molar refractivity (Wildman–Crippen MR) is 120 cm³/mol. The van der Waals surface area contributed by atoms with Gasteiger partial charge < -0.3 is 23.5 Å². The van der Waals surface area contributed by atoms with Crippen molar-refractivity contribution in [2.75, 3.05) is 20.2 Å². The average molecular weight is 442 g/mol. The molecule has 1 aromatic carbocycles. The molecule has 0 bridgehead atoms. The van der Waals surface area contributed by atoms with Crippen molar-refractivity contribution in [3.05, 3.63) is 83.6 Å². The number of ether oxygens (including phenoxy) is 1. The lowest BCUT2D eigenvalue weighted by Crippen LogP contribution is -2.60. The van der Waals surface area contributed by atoms with E-state index in [0.717, 1.165) is 22.2 Å². The highest BCUT2D eigenvalue weighted by Crippen LogP contribution is 2.45. The van der Waals surface area contributed by atoms with Gasteiger partial charge in [0.1, 0.15) is 23.4 Å². The molecule has 8 heteroatoms. The second-order valence-electron chi connectivity index (χ2n) is 8.46. The molecule has 0 N–H and O–H groups in total. The number of methoxy groups -OCH3 is 1. The summed E-state index contributed by atoms with van der Waals surface area (Å²) in [6.07, 6.45) is 4.76. The highest BCUT2D eigenvalue weighted by Gasteiger charge is 2.56. The van der Waals surface area contributed by atoms with Crippen LogP contribution in [0.5, 0.6) is 5.75 Å². The van der Waals surface area contributed by atoms with Gasteiger partial charge in [-0.3, -0.25) is 9.59 Å². The fourth-order valence-corrected chi connectivity index (χ4v) is 5.19. The van der Waals surface area contributed by atoms with Gasteiger partial charge in [-0.2, -0.15) is 0 Å². The van der Waals surface area contributed by atoms with E-state index in [2.05, 4.69) is 4.98 Å². The second kappa shape index (κ2) is 6.96. The van der Waals surface area contributed by atoms with Gasteiger partial charge in [-0.1, -0.05) is 12.1 Å². The Morgan fingerprint density at radius 3 is 2.70 bits per heavy atom. The summed E-state index contributed by atoms with van der Waals surface area (Å²) in [5, 5.41) is 0.899. The lowest BCUT2D eigenvalue weighted by molar-refractivity contribution is -0.00530. The first-order valence-corrected chi connectivity index (χ1v) is 10.8. The third-order valence-corrected chi connectivity index (χ3v) is 6.82. The van der Waals surface area contributed by atoms with Gasteiger partial charge in [0.25, 0.3) is 11.8 Å². The maximum Gasteiger partial charge on any atom is 0.272 e. The van der Waals surface area contributed by atoms with Crippen molar-refractivity contribution < 1.29 is 18.7 Å². The summed E-state index contributed by atoms with van der Waals surface area (Å²) in [5.41, 5.74) is 2.42. The zero-order valence-corrected chi connectivity index (χ0v) is 18.3. The van der Waals surface area contributed by atoms with Crippen molar-refractivity contribution in [3.63, 3.8) is 0 Å². The predicted octanol–water partition coefficient (Wildman–Crippen LogP) is 3.41. The van der Waals surface area contributed by atoms with Gasteiger partial charge in [0.15, 0.2) is 5.66 Å². The number of pyridine rings is 1. The third kappa shape index (κ3) is 2.60. The lowest BCUT2D eigenvalue weighted by atomic mass is 9.93. The average Bonchev–Trinajstić information content (AvgIpc) is 3.55. The fraction of sp³-hybridized carbons (Fsp3) is 0.240. The first-order valence-electron chi connectivity index (χ1n) is 10.8. The summed E-state index contributed by atoms with van der Waals surface area (Å²) in [6, 6.07) is 13.3. The molecular weight excluding hydrogens is 420 g/mol. The van der Waals surface area contributed by atoms with Crippen molar-refractivity contribution in [3.8, 4) is 5.75 Å². The number of hydrogen-bond acceptors (Lipinski definition) is 5. The number of nitrogens with zero attached hydrogens (tertiary/aromatic N) is 4. The quantitative estimate of drug-likeness (QED) is 0.486. The first kappa shape index (κ1) is 19.6. The minimum Gasteiger partial charge on any atom is -0.497 e. The smallest absolute Gasteiger partial charge is 0.272 e. The Kier molecular flexibility index (Phi) is 4.14. The van der Waals surface area contributed by atoms with Crippen molar-refractivity contribution >= 4 is 22.8 Å². The summed E-state index contributed by atoms with van der Waals surface area (Å²) in [7, 11) is 1.61. The van der Waals surface area contributed by atoms with Crippen LogP contribution in [-0.2, 0) is 12.2 Å². The summed E-state index contributed by atoms with van der Waals surface area (Å²) >= 11 is 0. The van der Waals surface area contributed by atoms with E-state index in [1.54, 1.807) is 24.5 Å². The summed E-state index contributed by atoms with van der Waals surface area (Å²) < 4.78 is 12.6. The van der Waals surface area contributed by atoms with Crippen LogP contribution >= 0.6 is 0 Å². The van der Waals surface area contributed by atoms with Crippen LogP contribution in [0.3, 0.4) is 0 Å². The molecule has 5 heterocycles. The molecule has 8 nitrogen and oxygen atoms in total. The number of fused-ring (bicyclic) bond motifs is 4. The first-order chi connectivity index (χ1) is 16.0. The van der Waals surface area contributed by atoms with Crippen LogP contribution in [-0.4, -0.2) is 51.4 Å². The molecule has 2 aliphatic rings. The molecule has 1 atom stereocenters. The Balaban J connectivity index is 1.58. The van der Waals surface area contributed by atoms with Crippen molar-refractivity contribution in [1.29, 1.82) is 0 Å². The van der Waals surface area contributed by atoms with E-state index < -0.39 is 5.66 Å². The number of carbonyl (C=O) groups excluding carboxylic acids is 2. The van der Waals surface area contributed by atoms with Gasteiger partial charge in [-0.05, 0) is 42.8 Å². The van der Waals surface area contributed by atoms with E-state index >= 15 is 0 Å². The molecule has 6 rings (SSSR count). The Bertz CT molecular complexity index is 1400. The molecule has 0 radical (unpaired) electrons. The topological polar surface area (TPSA) is 80.8 Å². The number of aryl methyl sites for hydroxylation is 1. The molecule has 0 saturated carbocycles. The van der Waals surface area contributed by atoms with E-state index in [9.17, 15) is 9.59 Å². The highest BCUT2D eigenvalue weighted by molar-refractivity contribution is 6.01. The van der Waals surface area contributed by atoms with Gasteiger partial charge in [-0.25, -0.2) is 4.98 Å². The van der Waals surface area contributed by atoms with Crippen LogP contribution in [0.2, 0.25) is 0 Å². The third-order valence-electron chi connectivity index (χ3n) is 6.82. The maximum absolute atomic E-state index is 13.8. The van der Waals surface area contributed by atoms with Crippen LogP contribution in [0.1, 0.15) is 32.0 Å². The van der Waals surface area contributed by atoms with Gasteiger partial charge >= 0.3 is 0 Å². The summed E-state index contributed by atoms with van der Waals surface area (Å²) in [4.78, 5) is 35.7. The molecule has 0 aliphatic carbocycles. The van der Waals surface area contributed by atoms with Crippen molar-refractivity contribution in [2.45, 2.75) is 19.1 Å². The number of furan rings is 1. The van der Waals surface area contributed by atoms with Crippen molar-refractivity contribution in [2.24, 2.45) is 0 Å². The van der Waals surface area contributed by atoms with E-state index in [-0.39, 0.29) is 11.8 Å². The highest BCUT2D eigenvalue weighted by atomic mass is 16.5. The minimum atomic E-state index is -0.999. The van der Waals surface area contributed by atoms with E-state index in [4.69, 9.17) is 9.15 Å². The van der Waals surface area contributed by atoms with Crippen LogP contribution in [0.25, 0.3) is 11.0 Å². The molecular formula is C25H22N4O4. The lowest BCUT2D eigenvalue weighted by Gasteiger charge is -2.47. The molecule has 0 spiro atoms. The number of aromatic nitrogens is 2. The zero-order chi connectivity index (χ0) is 22.7. The van der Waals surface area contributed by atoms with Crippen LogP contribution < -0.4 is 4.74 Å². The normalized spacial score (nSPS) is 19.6. The molecule has 1 fully saturated rings. The molecule has 166 valence electrons. The molecule has 33 heavy (non-hydrogen) atoms. The van der Waals surface area contributed by atoms with E-state index in [1.807, 2.05) is 58.9 Å². The zero-order valence-electron chi connectivity index (χ0n) is 18.3. The molecule has 2 aliphatic heterocycles. The number of carbonyl (C=O) groups is 2. The van der Waals surface area contributed by atoms with Gasteiger partial charge in [0, 0.05) is 30.2 Å². The van der Waals surface area contributed by atoms with Gasteiger partial charge in [0.05, 0.1) is 25.5 Å². The summed E-state index contributed by atoms with van der Waals surface area (Å²) in [6.45, 7) is 3.07. The molecule has 2 amide bonds. The minimum absolute atomic E-state index is 0.116. The largest absolute Gasteiger partial charge is 0.497 e. The van der Waals surface area contributed by atoms with E-state index in [0.29, 0.717) is 36.6 Å². The number of amides is 2. The summed E-state index contributed by atoms with van der Waals surface area (Å²) in [5.74, 6) is 0.425. The maximum atomic E-state index is 13.8. The number of rotatable bonds is 3. The van der Waals surface area contributed by atoms with Crippen LogP contribution in [0.15, 0.2) is 65.6 Å². The Morgan fingerprint density at radius 2 is 1.97 bits per heavy atom. The molecule has 1 unspecified atom stereocenters. The van der Waals surface area contributed by atoms with E-state index in [1.165, 1.54) is 6.26 Å². The van der Waals surface area contributed by atoms with Gasteiger partial charge in [-0.15, -0.1) is 0 Å². The van der Waals surface area contributed by atoms with Crippen molar-refractivity contribution in [1.82, 2.24) is 19.4 Å². The van der Waals surface area contributed by atoms with Crippen LogP contribution in [0.4, 0.5) is 0 Å². The van der Waals surface area contributed by atoms with Gasteiger partial charge in [0.2, 0.25) is 0 Å².